The minimum absolute atomic E-state index is 0.0381. The van der Waals surface area contributed by atoms with Crippen molar-refractivity contribution in [3.05, 3.63) is 53.7 Å². The molecule has 4 heterocycles. The molecule has 0 N–H and O–H groups in total. The van der Waals surface area contributed by atoms with Crippen LogP contribution in [-0.4, -0.2) is 83.6 Å². The Hall–Kier alpha value is -2.71. The van der Waals surface area contributed by atoms with Gasteiger partial charge in [0, 0.05) is 51.6 Å². The standard InChI is InChI=1S/C27H38N4O4/c1-21(24-9-8-22(2)35-24)10-15-29-16-11-27(12-17-29)25(32)30(26(33)31(27)18-19-34-3)14-5-7-23-6-4-13-28-20-23/h4,6,8-9,13,20-21H,5,7,10-12,14-19H2,1-3H3/t21-/m1/s1. The number of carbonyl (C=O) groups excluding carboxylic acids is 2. The van der Waals surface area contributed by atoms with Gasteiger partial charge in [0.05, 0.1) is 6.61 Å². The zero-order chi connectivity index (χ0) is 24.8. The highest BCUT2D eigenvalue weighted by Crippen LogP contribution is 2.37. The van der Waals surface area contributed by atoms with Crippen molar-refractivity contribution in [3.8, 4) is 0 Å². The summed E-state index contributed by atoms with van der Waals surface area (Å²) in [6.45, 7) is 8.01. The van der Waals surface area contributed by atoms with Crippen molar-refractivity contribution < 1.29 is 18.7 Å². The van der Waals surface area contributed by atoms with Gasteiger partial charge in [-0.3, -0.25) is 14.7 Å². The maximum Gasteiger partial charge on any atom is 0.327 e. The van der Waals surface area contributed by atoms with Crippen LogP contribution >= 0.6 is 0 Å². The van der Waals surface area contributed by atoms with E-state index in [0.717, 1.165) is 56.0 Å². The number of pyridine rings is 1. The number of hydrogen-bond donors (Lipinski definition) is 0. The van der Waals surface area contributed by atoms with Gasteiger partial charge in [-0.2, -0.15) is 0 Å². The normalized spacial score (nSPS) is 19.2. The zero-order valence-corrected chi connectivity index (χ0v) is 21.2. The summed E-state index contributed by atoms with van der Waals surface area (Å²) in [4.78, 5) is 36.8. The van der Waals surface area contributed by atoms with Gasteiger partial charge in [-0.05, 0) is 69.3 Å². The second kappa shape index (κ2) is 11.4. The van der Waals surface area contributed by atoms with Crippen molar-refractivity contribution in [2.75, 3.05) is 46.4 Å². The van der Waals surface area contributed by atoms with Crippen LogP contribution in [0.4, 0.5) is 4.79 Å². The quantitative estimate of drug-likeness (QED) is 0.453. The number of amides is 3. The Bertz CT molecular complexity index is 984. The lowest BCUT2D eigenvalue weighted by Crippen LogP contribution is -2.57. The molecule has 3 amide bonds. The molecule has 1 atom stereocenters. The molecule has 0 saturated carbocycles. The number of rotatable bonds is 11. The van der Waals surface area contributed by atoms with Crippen molar-refractivity contribution in [3.63, 3.8) is 0 Å². The van der Waals surface area contributed by atoms with Crippen LogP contribution < -0.4 is 0 Å². The highest BCUT2D eigenvalue weighted by molar-refractivity contribution is 6.07. The lowest BCUT2D eigenvalue weighted by atomic mass is 9.85. The number of carbonyl (C=O) groups is 2. The van der Waals surface area contributed by atoms with Gasteiger partial charge in [0.15, 0.2) is 0 Å². The minimum atomic E-state index is -0.746. The molecular weight excluding hydrogens is 444 g/mol. The second-order valence-corrected chi connectivity index (χ2v) is 9.86. The molecule has 2 fully saturated rings. The van der Waals surface area contributed by atoms with Gasteiger partial charge in [0.2, 0.25) is 0 Å². The van der Waals surface area contributed by atoms with Crippen LogP contribution in [0.15, 0.2) is 41.1 Å². The molecule has 0 radical (unpaired) electrons. The number of hydrogen-bond acceptors (Lipinski definition) is 6. The molecule has 2 saturated heterocycles. The Morgan fingerprint density at radius 1 is 1.14 bits per heavy atom. The predicted molar refractivity (Wildman–Crippen MR) is 133 cm³/mol. The molecule has 0 unspecified atom stereocenters. The third kappa shape index (κ3) is 5.59. The molecule has 1 spiro atoms. The first-order valence-corrected chi connectivity index (χ1v) is 12.7. The van der Waals surface area contributed by atoms with E-state index in [2.05, 4.69) is 22.9 Å². The topological polar surface area (TPSA) is 79.1 Å². The molecule has 2 aromatic rings. The summed E-state index contributed by atoms with van der Waals surface area (Å²) in [7, 11) is 1.63. The number of aromatic nitrogens is 1. The van der Waals surface area contributed by atoms with Crippen LogP contribution in [0.3, 0.4) is 0 Å². The molecule has 0 aromatic carbocycles. The Labute approximate surface area is 208 Å². The molecule has 8 nitrogen and oxygen atoms in total. The predicted octanol–water partition coefficient (Wildman–Crippen LogP) is 3.85. The summed E-state index contributed by atoms with van der Waals surface area (Å²) in [6.07, 6.45) is 7.43. The lowest BCUT2D eigenvalue weighted by molar-refractivity contribution is -0.135. The van der Waals surface area contributed by atoms with E-state index in [-0.39, 0.29) is 11.9 Å². The SMILES string of the molecule is COCCN1C(=O)N(CCCc2cccnc2)C(=O)C12CCN(CC[C@@H](C)c1ccc(C)o1)CC2. The number of likely N-dealkylation sites (tertiary alicyclic amines) is 1. The van der Waals surface area contributed by atoms with Crippen molar-refractivity contribution in [1.29, 1.82) is 0 Å². The fraction of sp³-hybridized carbons (Fsp3) is 0.593. The maximum absolute atomic E-state index is 13.6. The number of furan rings is 1. The molecule has 4 rings (SSSR count). The van der Waals surface area contributed by atoms with Crippen LogP contribution in [0.5, 0.6) is 0 Å². The summed E-state index contributed by atoms with van der Waals surface area (Å²) in [5.41, 5.74) is 0.370. The third-order valence-corrected chi connectivity index (χ3v) is 7.52. The maximum atomic E-state index is 13.6. The Kier molecular flexibility index (Phi) is 8.23. The largest absolute Gasteiger partial charge is 0.466 e. The Morgan fingerprint density at radius 2 is 1.94 bits per heavy atom. The van der Waals surface area contributed by atoms with Crippen molar-refractivity contribution in [1.82, 2.24) is 19.7 Å². The molecule has 190 valence electrons. The van der Waals surface area contributed by atoms with Gasteiger partial charge in [-0.25, -0.2) is 4.79 Å². The van der Waals surface area contributed by atoms with E-state index in [9.17, 15) is 9.59 Å². The van der Waals surface area contributed by atoms with Crippen molar-refractivity contribution in [2.45, 2.75) is 57.4 Å². The van der Waals surface area contributed by atoms with Gasteiger partial charge >= 0.3 is 6.03 Å². The number of imide groups is 1. The van der Waals surface area contributed by atoms with E-state index in [1.54, 1.807) is 18.2 Å². The van der Waals surface area contributed by atoms with Crippen molar-refractivity contribution in [2.24, 2.45) is 0 Å². The van der Waals surface area contributed by atoms with Crippen LogP contribution in [0.25, 0.3) is 0 Å². The summed E-state index contributed by atoms with van der Waals surface area (Å²) >= 11 is 0. The summed E-state index contributed by atoms with van der Waals surface area (Å²) in [5.74, 6) is 2.28. The summed E-state index contributed by atoms with van der Waals surface area (Å²) in [6, 6.07) is 7.83. The number of nitrogens with zero attached hydrogens (tertiary/aromatic N) is 4. The van der Waals surface area contributed by atoms with Gasteiger partial charge in [-0.15, -0.1) is 0 Å². The first-order chi connectivity index (χ1) is 16.9. The fourth-order valence-corrected chi connectivity index (χ4v) is 5.33. The molecule has 0 aliphatic carbocycles. The Balaban J connectivity index is 1.36. The first-order valence-electron chi connectivity index (χ1n) is 12.7. The highest BCUT2D eigenvalue weighted by atomic mass is 16.5. The van der Waals surface area contributed by atoms with E-state index in [1.807, 2.05) is 31.3 Å². The molecule has 0 bridgehead atoms. The molecular formula is C27H38N4O4. The van der Waals surface area contributed by atoms with E-state index in [1.165, 1.54) is 4.90 Å². The molecule has 35 heavy (non-hydrogen) atoms. The van der Waals surface area contributed by atoms with E-state index < -0.39 is 5.54 Å². The lowest BCUT2D eigenvalue weighted by Gasteiger charge is -2.42. The van der Waals surface area contributed by atoms with E-state index >= 15 is 0 Å². The molecule has 8 heteroatoms. The first kappa shape index (κ1) is 25.4. The van der Waals surface area contributed by atoms with E-state index in [0.29, 0.717) is 38.5 Å². The zero-order valence-electron chi connectivity index (χ0n) is 21.2. The average Bonchev–Trinajstić information content (AvgIpc) is 3.39. The van der Waals surface area contributed by atoms with E-state index in [4.69, 9.17) is 9.15 Å². The third-order valence-electron chi connectivity index (χ3n) is 7.52. The molecule has 2 aromatic heterocycles. The van der Waals surface area contributed by atoms with Crippen LogP contribution in [0, 0.1) is 6.92 Å². The van der Waals surface area contributed by atoms with Gasteiger partial charge in [-0.1, -0.05) is 13.0 Å². The Morgan fingerprint density at radius 3 is 2.60 bits per heavy atom. The van der Waals surface area contributed by atoms with Gasteiger partial charge in [0.25, 0.3) is 5.91 Å². The number of aryl methyl sites for hydroxylation is 2. The highest BCUT2D eigenvalue weighted by Gasteiger charge is 2.57. The van der Waals surface area contributed by atoms with Gasteiger partial charge in [0.1, 0.15) is 17.1 Å². The van der Waals surface area contributed by atoms with Crippen LogP contribution in [0.1, 0.15) is 55.6 Å². The molecule has 2 aliphatic heterocycles. The smallest absolute Gasteiger partial charge is 0.327 e. The van der Waals surface area contributed by atoms with Crippen LogP contribution in [0.2, 0.25) is 0 Å². The summed E-state index contributed by atoms with van der Waals surface area (Å²) in [5, 5.41) is 0. The monoisotopic (exact) mass is 482 g/mol. The molecule has 2 aliphatic rings. The number of urea groups is 1. The summed E-state index contributed by atoms with van der Waals surface area (Å²) < 4.78 is 11.1. The number of methoxy groups -OCH3 is 1. The number of piperidine rings is 1. The second-order valence-electron chi connectivity index (χ2n) is 9.86. The van der Waals surface area contributed by atoms with Crippen LogP contribution in [-0.2, 0) is 16.0 Å². The number of ether oxygens (including phenoxy) is 1. The fourth-order valence-electron chi connectivity index (χ4n) is 5.33. The van der Waals surface area contributed by atoms with Crippen molar-refractivity contribution >= 4 is 11.9 Å². The minimum Gasteiger partial charge on any atom is -0.466 e. The average molecular weight is 483 g/mol. The van der Waals surface area contributed by atoms with Gasteiger partial charge < -0.3 is 19.0 Å².